The average molecular weight is 318 g/mol. The van der Waals surface area contributed by atoms with Crippen LogP contribution in [0.15, 0.2) is 24.3 Å². The third-order valence-corrected chi connectivity index (χ3v) is 2.99. The molecule has 0 heterocycles. The van der Waals surface area contributed by atoms with Gasteiger partial charge in [-0.15, -0.1) is 0 Å². The van der Waals surface area contributed by atoms with E-state index in [9.17, 15) is 0 Å². The van der Waals surface area contributed by atoms with Crippen molar-refractivity contribution < 1.29 is 0 Å². The minimum absolute atomic E-state index is 0.518. The molecule has 0 aliphatic rings. The molecule has 0 spiro atoms. The van der Waals surface area contributed by atoms with E-state index in [0.717, 1.165) is 19.6 Å². The van der Waals surface area contributed by atoms with Gasteiger partial charge in [-0.2, -0.15) is 0 Å². The summed E-state index contributed by atoms with van der Waals surface area (Å²) in [6, 6.07) is 9.16. The molecule has 1 aromatic carbocycles. The Labute approximate surface area is 106 Å². The third-order valence-electron chi connectivity index (χ3n) is 2.27. The van der Waals surface area contributed by atoms with Crippen LogP contribution in [0.1, 0.15) is 19.4 Å². The molecule has 84 valence electrons. The first kappa shape index (κ1) is 12.9. The molecule has 0 aliphatic heterocycles. The van der Waals surface area contributed by atoms with Gasteiger partial charge in [-0.3, -0.25) is 0 Å². The van der Waals surface area contributed by atoms with Crippen molar-refractivity contribution in [1.29, 1.82) is 0 Å². The van der Waals surface area contributed by atoms with Gasteiger partial charge >= 0.3 is 0 Å². The zero-order chi connectivity index (χ0) is 11.1. The van der Waals surface area contributed by atoms with E-state index in [1.165, 1.54) is 9.13 Å². The minimum Gasteiger partial charge on any atom is -0.315 e. The quantitative estimate of drug-likeness (QED) is 0.787. The zero-order valence-corrected chi connectivity index (χ0v) is 11.5. The van der Waals surface area contributed by atoms with Gasteiger partial charge < -0.3 is 10.6 Å². The lowest BCUT2D eigenvalue weighted by atomic mass is 10.2. The molecule has 2 N–H and O–H groups in total. The molecule has 1 rings (SSSR count). The van der Waals surface area contributed by atoms with Crippen LogP contribution in [-0.4, -0.2) is 19.1 Å². The van der Waals surface area contributed by atoms with Crippen LogP contribution in [0.2, 0.25) is 0 Å². The average Bonchev–Trinajstić information content (AvgIpc) is 2.25. The molecule has 3 heteroatoms. The van der Waals surface area contributed by atoms with Gasteiger partial charge in [-0.1, -0.05) is 19.1 Å². The standard InChI is InChI=1S/C12H19IN2/c1-3-14-8-10(2)15-9-11-4-6-12(13)7-5-11/h4-7,10,14-15H,3,8-9H2,1-2H3. The van der Waals surface area contributed by atoms with Gasteiger partial charge in [0.2, 0.25) is 0 Å². The van der Waals surface area contributed by atoms with Gasteiger partial charge in [-0.25, -0.2) is 0 Å². The van der Waals surface area contributed by atoms with Crippen LogP contribution in [0.3, 0.4) is 0 Å². The molecule has 0 saturated heterocycles. The first-order chi connectivity index (χ1) is 7.22. The number of hydrogen-bond donors (Lipinski definition) is 2. The molecule has 1 aromatic rings. The van der Waals surface area contributed by atoms with E-state index in [0.29, 0.717) is 6.04 Å². The lowest BCUT2D eigenvalue weighted by Crippen LogP contribution is -2.35. The molecule has 0 amide bonds. The largest absolute Gasteiger partial charge is 0.315 e. The fourth-order valence-electron chi connectivity index (χ4n) is 1.33. The first-order valence-corrected chi connectivity index (χ1v) is 6.48. The van der Waals surface area contributed by atoms with Crippen molar-refractivity contribution in [3.05, 3.63) is 33.4 Å². The predicted octanol–water partition coefficient (Wildman–Crippen LogP) is 2.38. The van der Waals surface area contributed by atoms with Gasteiger partial charge in [0.05, 0.1) is 0 Å². The molecule has 1 atom stereocenters. The highest BCUT2D eigenvalue weighted by Gasteiger charge is 1.99. The summed E-state index contributed by atoms with van der Waals surface area (Å²) in [6.07, 6.45) is 0. The lowest BCUT2D eigenvalue weighted by molar-refractivity contribution is 0.509. The second kappa shape index (κ2) is 7.19. The Morgan fingerprint density at radius 3 is 2.53 bits per heavy atom. The van der Waals surface area contributed by atoms with Crippen LogP contribution in [-0.2, 0) is 6.54 Å². The van der Waals surface area contributed by atoms with Crippen molar-refractivity contribution in [2.75, 3.05) is 13.1 Å². The van der Waals surface area contributed by atoms with Crippen LogP contribution in [0.5, 0.6) is 0 Å². The van der Waals surface area contributed by atoms with Gasteiger partial charge in [0, 0.05) is 22.7 Å². The van der Waals surface area contributed by atoms with Gasteiger partial charge in [0.1, 0.15) is 0 Å². The highest BCUT2D eigenvalue weighted by atomic mass is 127. The van der Waals surface area contributed by atoms with Gasteiger partial charge in [0.15, 0.2) is 0 Å². The fraction of sp³-hybridized carbons (Fsp3) is 0.500. The number of benzene rings is 1. The van der Waals surface area contributed by atoms with E-state index in [4.69, 9.17) is 0 Å². The molecule has 1 unspecified atom stereocenters. The molecular weight excluding hydrogens is 299 g/mol. The predicted molar refractivity (Wildman–Crippen MR) is 74.0 cm³/mol. The van der Waals surface area contributed by atoms with Crippen molar-refractivity contribution in [3.8, 4) is 0 Å². The van der Waals surface area contributed by atoms with Crippen LogP contribution >= 0.6 is 22.6 Å². The summed E-state index contributed by atoms with van der Waals surface area (Å²) >= 11 is 2.33. The summed E-state index contributed by atoms with van der Waals surface area (Å²) in [5.74, 6) is 0. The summed E-state index contributed by atoms with van der Waals surface area (Å²) in [7, 11) is 0. The van der Waals surface area contributed by atoms with E-state index < -0.39 is 0 Å². The number of rotatable bonds is 6. The maximum Gasteiger partial charge on any atom is 0.0208 e. The highest BCUT2D eigenvalue weighted by molar-refractivity contribution is 14.1. The number of hydrogen-bond acceptors (Lipinski definition) is 2. The molecule has 0 saturated carbocycles. The molecule has 0 radical (unpaired) electrons. The van der Waals surface area contributed by atoms with Crippen LogP contribution in [0, 0.1) is 3.57 Å². The van der Waals surface area contributed by atoms with Crippen LogP contribution in [0.25, 0.3) is 0 Å². The van der Waals surface area contributed by atoms with E-state index in [1.54, 1.807) is 0 Å². The minimum atomic E-state index is 0.518. The second-order valence-corrected chi connectivity index (χ2v) is 4.96. The third kappa shape index (κ3) is 5.49. The second-order valence-electron chi connectivity index (χ2n) is 3.72. The normalized spacial score (nSPS) is 12.7. The summed E-state index contributed by atoms with van der Waals surface area (Å²) in [5, 5.41) is 6.82. The Kier molecular flexibility index (Phi) is 6.20. The Balaban J connectivity index is 2.27. The van der Waals surface area contributed by atoms with Gasteiger partial charge in [0.25, 0.3) is 0 Å². The molecule has 0 aromatic heterocycles. The molecular formula is C12H19IN2. The highest BCUT2D eigenvalue weighted by Crippen LogP contribution is 2.06. The molecule has 0 fully saturated rings. The Hall–Kier alpha value is -0.130. The fourth-order valence-corrected chi connectivity index (χ4v) is 1.69. The molecule has 15 heavy (non-hydrogen) atoms. The summed E-state index contributed by atoms with van der Waals surface area (Å²) in [4.78, 5) is 0. The topological polar surface area (TPSA) is 24.1 Å². The summed E-state index contributed by atoms with van der Waals surface area (Å²) in [6.45, 7) is 7.35. The maximum absolute atomic E-state index is 3.49. The molecule has 0 aliphatic carbocycles. The number of likely N-dealkylation sites (N-methyl/N-ethyl adjacent to an activating group) is 1. The van der Waals surface area contributed by atoms with E-state index >= 15 is 0 Å². The summed E-state index contributed by atoms with van der Waals surface area (Å²) < 4.78 is 1.29. The van der Waals surface area contributed by atoms with Gasteiger partial charge in [-0.05, 0) is 53.8 Å². The number of nitrogens with one attached hydrogen (secondary N) is 2. The van der Waals surface area contributed by atoms with Crippen molar-refractivity contribution >= 4 is 22.6 Å². The van der Waals surface area contributed by atoms with E-state index in [2.05, 4.69) is 71.3 Å². The molecule has 2 nitrogen and oxygen atoms in total. The zero-order valence-electron chi connectivity index (χ0n) is 9.39. The number of halogens is 1. The maximum atomic E-state index is 3.49. The lowest BCUT2D eigenvalue weighted by Gasteiger charge is -2.13. The van der Waals surface area contributed by atoms with Crippen molar-refractivity contribution in [3.63, 3.8) is 0 Å². The first-order valence-electron chi connectivity index (χ1n) is 5.41. The summed E-state index contributed by atoms with van der Waals surface area (Å²) in [5.41, 5.74) is 1.35. The Morgan fingerprint density at radius 2 is 1.93 bits per heavy atom. The van der Waals surface area contributed by atoms with Crippen LogP contribution < -0.4 is 10.6 Å². The SMILES string of the molecule is CCNCC(C)NCc1ccc(I)cc1. The Bertz CT molecular complexity index is 271. The monoisotopic (exact) mass is 318 g/mol. The smallest absolute Gasteiger partial charge is 0.0208 e. The van der Waals surface area contributed by atoms with E-state index in [1.807, 2.05) is 0 Å². The van der Waals surface area contributed by atoms with Crippen molar-refractivity contribution in [1.82, 2.24) is 10.6 Å². The van der Waals surface area contributed by atoms with E-state index in [-0.39, 0.29) is 0 Å². The Morgan fingerprint density at radius 1 is 1.27 bits per heavy atom. The van der Waals surface area contributed by atoms with Crippen molar-refractivity contribution in [2.24, 2.45) is 0 Å². The van der Waals surface area contributed by atoms with Crippen LogP contribution in [0.4, 0.5) is 0 Å². The van der Waals surface area contributed by atoms with Crippen molar-refractivity contribution in [2.45, 2.75) is 26.4 Å². The molecule has 0 bridgehead atoms.